The summed E-state index contributed by atoms with van der Waals surface area (Å²) in [6, 6.07) is 4.00. The van der Waals surface area contributed by atoms with E-state index in [2.05, 4.69) is 5.32 Å². The Morgan fingerprint density at radius 2 is 2.00 bits per heavy atom. The third-order valence-corrected chi connectivity index (χ3v) is 2.80. The van der Waals surface area contributed by atoms with Crippen LogP contribution in [0.4, 0.5) is 8.78 Å². The lowest BCUT2D eigenvalue weighted by atomic mass is 10.1. The van der Waals surface area contributed by atoms with Crippen LogP contribution in [0.1, 0.15) is 24.9 Å². The van der Waals surface area contributed by atoms with Crippen LogP contribution in [0.5, 0.6) is 0 Å². The molecule has 0 heterocycles. The predicted molar refractivity (Wildman–Crippen MR) is 70.1 cm³/mol. The maximum atomic E-state index is 13.5. The van der Waals surface area contributed by atoms with Gasteiger partial charge in [-0.2, -0.15) is 0 Å². The van der Waals surface area contributed by atoms with Crippen LogP contribution in [0.3, 0.4) is 0 Å². The van der Waals surface area contributed by atoms with E-state index in [0.717, 1.165) is 12.5 Å². The highest BCUT2D eigenvalue weighted by molar-refractivity contribution is 5.21. The number of ether oxygens (including phenoxy) is 2. The average molecular weight is 273 g/mol. The van der Waals surface area contributed by atoms with Crippen LogP contribution >= 0.6 is 0 Å². The van der Waals surface area contributed by atoms with Crippen molar-refractivity contribution in [2.45, 2.75) is 19.4 Å². The predicted octanol–water partition coefficient (Wildman–Crippen LogP) is 2.67. The second kappa shape index (κ2) is 8.96. The first-order valence-electron chi connectivity index (χ1n) is 6.40. The zero-order chi connectivity index (χ0) is 14.1. The molecular formula is C14H21F2NO2. The first kappa shape index (κ1) is 16.0. The fourth-order valence-electron chi connectivity index (χ4n) is 1.70. The van der Waals surface area contributed by atoms with E-state index in [-0.39, 0.29) is 6.04 Å². The lowest BCUT2D eigenvalue weighted by Gasteiger charge is -2.15. The molecule has 0 bridgehead atoms. The molecule has 108 valence electrons. The van der Waals surface area contributed by atoms with Crippen LogP contribution < -0.4 is 5.32 Å². The Hall–Kier alpha value is -1.04. The average Bonchev–Trinajstić information content (AvgIpc) is 2.40. The standard InChI is InChI=1S/C14H21F2NO2/c1-11(12-5-3-6-13(15)14(12)16)17-7-4-8-19-10-9-18-2/h3,5-6,11,17H,4,7-10H2,1-2H3. The van der Waals surface area contributed by atoms with Gasteiger partial charge >= 0.3 is 0 Å². The lowest BCUT2D eigenvalue weighted by molar-refractivity contribution is 0.0693. The molecule has 1 aromatic rings. The molecule has 0 spiro atoms. The number of halogens is 2. The van der Waals surface area contributed by atoms with E-state index in [0.29, 0.717) is 31.9 Å². The molecule has 1 atom stereocenters. The largest absolute Gasteiger partial charge is 0.382 e. The molecule has 1 unspecified atom stereocenters. The number of rotatable bonds is 9. The molecule has 0 saturated carbocycles. The van der Waals surface area contributed by atoms with Gasteiger partial charge in [-0.3, -0.25) is 0 Å². The van der Waals surface area contributed by atoms with Crippen molar-refractivity contribution in [2.24, 2.45) is 0 Å². The van der Waals surface area contributed by atoms with Crippen LogP contribution in [0, 0.1) is 11.6 Å². The van der Waals surface area contributed by atoms with E-state index in [9.17, 15) is 8.78 Å². The van der Waals surface area contributed by atoms with Gasteiger partial charge in [0.05, 0.1) is 13.2 Å². The number of hydrogen-bond donors (Lipinski definition) is 1. The topological polar surface area (TPSA) is 30.5 Å². The number of benzene rings is 1. The Kier molecular flexibility index (Phi) is 7.55. The first-order valence-corrected chi connectivity index (χ1v) is 6.40. The molecule has 1 rings (SSSR count). The van der Waals surface area contributed by atoms with Crippen molar-refractivity contribution in [1.82, 2.24) is 5.32 Å². The molecule has 0 radical (unpaired) electrons. The third kappa shape index (κ3) is 5.63. The van der Waals surface area contributed by atoms with E-state index >= 15 is 0 Å². The smallest absolute Gasteiger partial charge is 0.163 e. The molecule has 0 fully saturated rings. The minimum absolute atomic E-state index is 0.227. The zero-order valence-electron chi connectivity index (χ0n) is 11.4. The molecule has 5 heteroatoms. The van der Waals surface area contributed by atoms with Crippen molar-refractivity contribution < 1.29 is 18.3 Å². The Bertz CT molecular complexity index is 374. The zero-order valence-corrected chi connectivity index (χ0v) is 11.4. The van der Waals surface area contributed by atoms with E-state index in [1.54, 1.807) is 13.2 Å². The highest BCUT2D eigenvalue weighted by atomic mass is 19.2. The summed E-state index contributed by atoms with van der Waals surface area (Å²) in [5, 5.41) is 3.14. The Balaban J connectivity index is 2.24. The molecule has 0 aliphatic heterocycles. The monoisotopic (exact) mass is 273 g/mol. The molecule has 1 N–H and O–H groups in total. The van der Waals surface area contributed by atoms with Gasteiger partial charge in [0.2, 0.25) is 0 Å². The van der Waals surface area contributed by atoms with Gasteiger partial charge in [-0.25, -0.2) is 8.78 Å². The van der Waals surface area contributed by atoms with E-state index < -0.39 is 11.6 Å². The summed E-state index contributed by atoms with van der Waals surface area (Å²) in [6.07, 6.45) is 0.811. The van der Waals surface area contributed by atoms with Gasteiger partial charge in [0.25, 0.3) is 0 Å². The molecule has 0 aromatic heterocycles. The van der Waals surface area contributed by atoms with Crippen molar-refractivity contribution in [3.05, 3.63) is 35.4 Å². The Morgan fingerprint density at radius 3 is 2.74 bits per heavy atom. The van der Waals surface area contributed by atoms with Gasteiger partial charge in [-0.15, -0.1) is 0 Å². The van der Waals surface area contributed by atoms with Gasteiger partial charge in [0.1, 0.15) is 0 Å². The maximum absolute atomic E-state index is 13.5. The second-order valence-electron chi connectivity index (χ2n) is 4.28. The van der Waals surface area contributed by atoms with E-state index in [1.165, 1.54) is 6.07 Å². The molecule has 0 aliphatic rings. The quantitative estimate of drug-likeness (QED) is 0.702. The second-order valence-corrected chi connectivity index (χ2v) is 4.28. The summed E-state index contributed by atoms with van der Waals surface area (Å²) in [5.41, 5.74) is 0.348. The van der Waals surface area contributed by atoms with Crippen LogP contribution in [0.2, 0.25) is 0 Å². The van der Waals surface area contributed by atoms with E-state index in [1.807, 2.05) is 6.92 Å². The highest BCUT2D eigenvalue weighted by Crippen LogP contribution is 2.18. The van der Waals surface area contributed by atoms with Crippen LogP contribution in [-0.4, -0.2) is 33.5 Å². The normalized spacial score (nSPS) is 12.6. The molecule has 0 aliphatic carbocycles. The summed E-state index contributed by atoms with van der Waals surface area (Å²) < 4.78 is 36.7. The van der Waals surface area contributed by atoms with Gasteiger partial charge < -0.3 is 14.8 Å². The van der Waals surface area contributed by atoms with Gasteiger partial charge in [0, 0.05) is 25.3 Å². The van der Waals surface area contributed by atoms with Crippen LogP contribution in [-0.2, 0) is 9.47 Å². The van der Waals surface area contributed by atoms with Crippen molar-refractivity contribution >= 4 is 0 Å². The van der Waals surface area contributed by atoms with Crippen molar-refractivity contribution in [2.75, 3.05) is 33.5 Å². The summed E-state index contributed by atoms with van der Waals surface area (Å²) in [5.74, 6) is -1.59. The van der Waals surface area contributed by atoms with Crippen molar-refractivity contribution in [3.63, 3.8) is 0 Å². The molecule has 0 saturated heterocycles. The van der Waals surface area contributed by atoms with E-state index in [4.69, 9.17) is 9.47 Å². The highest BCUT2D eigenvalue weighted by Gasteiger charge is 2.13. The van der Waals surface area contributed by atoms with Crippen LogP contribution in [0.15, 0.2) is 18.2 Å². The molecule has 0 amide bonds. The first-order chi connectivity index (χ1) is 9.16. The minimum atomic E-state index is -0.811. The Morgan fingerprint density at radius 1 is 1.21 bits per heavy atom. The number of nitrogens with one attached hydrogen (secondary N) is 1. The fourth-order valence-corrected chi connectivity index (χ4v) is 1.70. The summed E-state index contributed by atoms with van der Waals surface area (Å²) in [6.45, 7) is 4.27. The summed E-state index contributed by atoms with van der Waals surface area (Å²) in [4.78, 5) is 0. The van der Waals surface area contributed by atoms with Gasteiger partial charge in [-0.1, -0.05) is 12.1 Å². The molecule has 1 aromatic carbocycles. The minimum Gasteiger partial charge on any atom is -0.382 e. The number of methoxy groups -OCH3 is 1. The summed E-state index contributed by atoms with van der Waals surface area (Å²) in [7, 11) is 1.63. The fraction of sp³-hybridized carbons (Fsp3) is 0.571. The number of hydrogen-bond acceptors (Lipinski definition) is 3. The van der Waals surface area contributed by atoms with Gasteiger partial charge in [-0.05, 0) is 26.0 Å². The molecule has 19 heavy (non-hydrogen) atoms. The third-order valence-electron chi connectivity index (χ3n) is 2.80. The Labute approximate surface area is 112 Å². The van der Waals surface area contributed by atoms with Crippen LogP contribution in [0.25, 0.3) is 0 Å². The van der Waals surface area contributed by atoms with Crippen molar-refractivity contribution in [1.29, 1.82) is 0 Å². The molecular weight excluding hydrogens is 252 g/mol. The SMILES string of the molecule is COCCOCCCNC(C)c1cccc(F)c1F. The maximum Gasteiger partial charge on any atom is 0.163 e. The molecule has 3 nitrogen and oxygen atoms in total. The summed E-state index contributed by atoms with van der Waals surface area (Å²) >= 11 is 0. The lowest BCUT2D eigenvalue weighted by Crippen LogP contribution is -2.22. The van der Waals surface area contributed by atoms with Crippen molar-refractivity contribution in [3.8, 4) is 0 Å². The van der Waals surface area contributed by atoms with Gasteiger partial charge in [0.15, 0.2) is 11.6 Å².